The number of piperazine rings is 1. The van der Waals surface area contributed by atoms with Crippen LogP contribution < -0.4 is 5.32 Å². The van der Waals surface area contributed by atoms with E-state index in [1.54, 1.807) is 0 Å². The van der Waals surface area contributed by atoms with Crippen LogP contribution in [-0.4, -0.2) is 61.2 Å². The van der Waals surface area contributed by atoms with Crippen molar-refractivity contribution < 1.29 is 0 Å². The highest BCUT2D eigenvalue weighted by atomic mass is 15.3. The standard InChI is InChI=1S/C14H29N3/c1-3-15-13(2)5-4-8-16-9-11-17(12-10-16)14-6-7-14/h13-15H,3-12H2,1-2H3. The molecule has 2 rings (SSSR count). The van der Waals surface area contributed by atoms with Gasteiger partial charge in [-0.05, 0) is 45.7 Å². The zero-order valence-corrected chi connectivity index (χ0v) is 11.6. The summed E-state index contributed by atoms with van der Waals surface area (Å²) in [5.74, 6) is 0. The molecule has 3 heteroatoms. The van der Waals surface area contributed by atoms with Crippen molar-refractivity contribution in [2.75, 3.05) is 39.3 Å². The van der Waals surface area contributed by atoms with Crippen molar-refractivity contribution in [1.82, 2.24) is 15.1 Å². The van der Waals surface area contributed by atoms with E-state index in [4.69, 9.17) is 0 Å². The molecule has 1 aliphatic heterocycles. The van der Waals surface area contributed by atoms with Gasteiger partial charge in [0.15, 0.2) is 0 Å². The average Bonchev–Trinajstić information content (AvgIpc) is 3.14. The van der Waals surface area contributed by atoms with Crippen LogP contribution in [0, 0.1) is 0 Å². The molecular weight excluding hydrogens is 210 g/mol. The van der Waals surface area contributed by atoms with Gasteiger partial charge in [0.05, 0.1) is 0 Å². The van der Waals surface area contributed by atoms with Gasteiger partial charge in [0.1, 0.15) is 0 Å². The minimum Gasteiger partial charge on any atom is -0.315 e. The van der Waals surface area contributed by atoms with Crippen LogP contribution in [0.3, 0.4) is 0 Å². The molecule has 1 aliphatic carbocycles. The van der Waals surface area contributed by atoms with Gasteiger partial charge in [0, 0.05) is 38.3 Å². The van der Waals surface area contributed by atoms with Crippen LogP contribution in [0.1, 0.15) is 39.5 Å². The molecule has 1 unspecified atom stereocenters. The number of nitrogens with one attached hydrogen (secondary N) is 1. The average molecular weight is 239 g/mol. The van der Waals surface area contributed by atoms with E-state index in [0.29, 0.717) is 6.04 Å². The van der Waals surface area contributed by atoms with Crippen molar-refractivity contribution in [2.45, 2.75) is 51.6 Å². The fourth-order valence-corrected chi connectivity index (χ4v) is 2.86. The van der Waals surface area contributed by atoms with Crippen molar-refractivity contribution in [3.8, 4) is 0 Å². The number of hydrogen-bond acceptors (Lipinski definition) is 3. The second-order valence-corrected chi connectivity index (χ2v) is 5.71. The molecule has 2 aliphatic rings. The fourth-order valence-electron chi connectivity index (χ4n) is 2.86. The summed E-state index contributed by atoms with van der Waals surface area (Å²) in [4.78, 5) is 5.34. The van der Waals surface area contributed by atoms with Gasteiger partial charge in [-0.15, -0.1) is 0 Å². The van der Waals surface area contributed by atoms with Crippen LogP contribution in [0.15, 0.2) is 0 Å². The topological polar surface area (TPSA) is 18.5 Å². The van der Waals surface area contributed by atoms with Crippen molar-refractivity contribution >= 4 is 0 Å². The molecule has 17 heavy (non-hydrogen) atoms. The Morgan fingerprint density at radius 3 is 2.47 bits per heavy atom. The van der Waals surface area contributed by atoms with Gasteiger partial charge in [0.2, 0.25) is 0 Å². The van der Waals surface area contributed by atoms with Crippen LogP contribution in [0.4, 0.5) is 0 Å². The van der Waals surface area contributed by atoms with Crippen molar-refractivity contribution in [3.63, 3.8) is 0 Å². The minimum atomic E-state index is 0.688. The quantitative estimate of drug-likeness (QED) is 0.727. The molecule has 1 saturated carbocycles. The highest BCUT2D eigenvalue weighted by Gasteiger charge is 2.30. The van der Waals surface area contributed by atoms with Crippen molar-refractivity contribution in [3.05, 3.63) is 0 Å². The minimum absolute atomic E-state index is 0.688. The summed E-state index contributed by atoms with van der Waals surface area (Å²) in [6, 6.07) is 1.65. The van der Waals surface area contributed by atoms with Crippen LogP contribution in [-0.2, 0) is 0 Å². The summed E-state index contributed by atoms with van der Waals surface area (Å²) >= 11 is 0. The van der Waals surface area contributed by atoms with Crippen LogP contribution >= 0.6 is 0 Å². The van der Waals surface area contributed by atoms with Gasteiger partial charge < -0.3 is 10.2 Å². The molecular formula is C14H29N3. The van der Waals surface area contributed by atoms with E-state index in [1.165, 1.54) is 58.4 Å². The molecule has 1 heterocycles. The van der Waals surface area contributed by atoms with Gasteiger partial charge in [-0.25, -0.2) is 0 Å². The number of hydrogen-bond donors (Lipinski definition) is 1. The van der Waals surface area contributed by atoms with Gasteiger partial charge >= 0.3 is 0 Å². The van der Waals surface area contributed by atoms with Gasteiger partial charge in [-0.2, -0.15) is 0 Å². The van der Waals surface area contributed by atoms with Gasteiger partial charge in [0.25, 0.3) is 0 Å². The van der Waals surface area contributed by atoms with Gasteiger partial charge in [-0.3, -0.25) is 4.90 Å². The summed E-state index contributed by atoms with van der Waals surface area (Å²) in [6.07, 6.45) is 5.58. The highest BCUT2D eigenvalue weighted by Crippen LogP contribution is 2.27. The van der Waals surface area contributed by atoms with Crippen molar-refractivity contribution in [1.29, 1.82) is 0 Å². The molecule has 2 fully saturated rings. The summed E-state index contributed by atoms with van der Waals surface area (Å²) in [5, 5.41) is 3.49. The Morgan fingerprint density at radius 1 is 1.18 bits per heavy atom. The maximum atomic E-state index is 3.49. The first-order chi connectivity index (χ1) is 8.29. The van der Waals surface area contributed by atoms with Crippen LogP contribution in [0.5, 0.6) is 0 Å². The number of rotatable bonds is 7. The maximum Gasteiger partial charge on any atom is 0.0113 e. The zero-order valence-electron chi connectivity index (χ0n) is 11.6. The molecule has 0 amide bonds. The summed E-state index contributed by atoms with van der Waals surface area (Å²) < 4.78 is 0. The van der Waals surface area contributed by atoms with E-state index < -0.39 is 0 Å². The Balaban J connectivity index is 1.52. The number of nitrogens with zero attached hydrogens (tertiary/aromatic N) is 2. The Morgan fingerprint density at radius 2 is 1.88 bits per heavy atom. The Bertz CT molecular complexity index is 208. The predicted octanol–water partition coefficient (Wildman–Crippen LogP) is 1.54. The van der Waals surface area contributed by atoms with E-state index in [1.807, 2.05) is 0 Å². The molecule has 3 nitrogen and oxygen atoms in total. The third kappa shape index (κ3) is 4.57. The highest BCUT2D eigenvalue weighted by molar-refractivity contribution is 4.87. The lowest BCUT2D eigenvalue weighted by molar-refractivity contribution is 0.124. The fraction of sp³-hybridized carbons (Fsp3) is 1.00. The van der Waals surface area contributed by atoms with Gasteiger partial charge in [-0.1, -0.05) is 6.92 Å². The lowest BCUT2D eigenvalue weighted by Gasteiger charge is -2.34. The zero-order chi connectivity index (χ0) is 12.1. The van der Waals surface area contributed by atoms with E-state index in [0.717, 1.165) is 12.6 Å². The second kappa shape index (κ2) is 6.72. The molecule has 0 spiro atoms. The molecule has 1 atom stereocenters. The molecule has 1 N–H and O–H groups in total. The predicted molar refractivity (Wildman–Crippen MR) is 73.4 cm³/mol. The Kier molecular flexibility index (Phi) is 5.26. The molecule has 0 radical (unpaired) electrons. The molecule has 0 aromatic heterocycles. The normalized spacial score (nSPS) is 25.1. The summed E-state index contributed by atoms with van der Waals surface area (Å²) in [5.41, 5.74) is 0. The van der Waals surface area contributed by atoms with E-state index in [9.17, 15) is 0 Å². The monoisotopic (exact) mass is 239 g/mol. The largest absolute Gasteiger partial charge is 0.315 e. The lowest BCUT2D eigenvalue weighted by Crippen LogP contribution is -2.47. The van der Waals surface area contributed by atoms with Crippen LogP contribution in [0.2, 0.25) is 0 Å². The lowest BCUT2D eigenvalue weighted by atomic mass is 10.1. The van der Waals surface area contributed by atoms with Crippen LogP contribution in [0.25, 0.3) is 0 Å². The Labute approximate surface area is 107 Å². The first-order valence-corrected chi connectivity index (χ1v) is 7.49. The smallest absolute Gasteiger partial charge is 0.0113 e. The second-order valence-electron chi connectivity index (χ2n) is 5.71. The summed E-state index contributed by atoms with van der Waals surface area (Å²) in [6.45, 7) is 12.1. The third-order valence-electron chi connectivity index (χ3n) is 4.13. The molecule has 0 aromatic carbocycles. The third-order valence-corrected chi connectivity index (χ3v) is 4.13. The SMILES string of the molecule is CCNC(C)CCCN1CCN(C2CC2)CC1. The van der Waals surface area contributed by atoms with E-state index in [2.05, 4.69) is 29.0 Å². The first kappa shape index (κ1) is 13.3. The maximum absolute atomic E-state index is 3.49. The molecule has 100 valence electrons. The summed E-state index contributed by atoms with van der Waals surface area (Å²) in [7, 11) is 0. The molecule has 0 aromatic rings. The van der Waals surface area contributed by atoms with E-state index >= 15 is 0 Å². The first-order valence-electron chi connectivity index (χ1n) is 7.49. The van der Waals surface area contributed by atoms with Crippen molar-refractivity contribution in [2.24, 2.45) is 0 Å². The molecule has 1 saturated heterocycles. The molecule has 0 bridgehead atoms. The Hall–Kier alpha value is -0.120. The van der Waals surface area contributed by atoms with E-state index in [-0.39, 0.29) is 0 Å².